The van der Waals surface area contributed by atoms with Gasteiger partial charge >= 0.3 is 0 Å². The van der Waals surface area contributed by atoms with Crippen molar-refractivity contribution in [3.63, 3.8) is 0 Å². The zero-order valence-corrected chi connectivity index (χ0v) is 9.37. The molecule has 0 bridgehead atoms. The molecule has 0 saturated heterocycles. The maximum absolute atomic E-state index is 5.78. The summed E-state index contributed by atoms with van der Waals surface area (Å²) in [5.74, 6) is 2.26. The molecule has 0 radical (unpaired) electrons. The molecule has 0 aromatic carbocycles. The molecule has 0 atom stereocenters. The fourth-order valence-corrected chi connectivity index (χ4v) is 1.82. The van der Waals surface area contributed by atoms with Crippen LogP contribution in [-0.2, 0) is 6.42 Å². The fourth-order valence-electron chi connectivity index (χ4n) is 1.82. The molecule has 0 N–H and O–H groups in total. The number of aromatic nitrogens is 1. The van der Waals surface area contributed by atoms with Crippen molar-refractivity contribution in [2.24, 2.45) is 0 Å². The van der Waals surface area contributed by atoms with Gasteiger partial charge in [0.2, 0.25) is 5.88 Å². The third-order valence-corrected chi connectivity index (χ3v) is 2.66. The molecule has 1 aromatic rings. The SMILES string of the molecule is CC(C)c1nc2c(o1)N(C(C)C)CC2. The van der Waals surface area contributed by atoms with E-state index in [0.717, 1.165) is 30.4 Å². The standard InChI is InChI=1S/C11H18N2O/c1-7(2)10-12-9-5-6-13(8(3)4)11(9)14-10/h7-8H,5-6H2,1-4H3. The Labute approximate surface area is 85.1 Å². The molecule has 0 amide bonds. The number of hydrogen-bond donors (Lipinski definition) is 0. The van der Waals surface area contributed by atoms with Crippen LogP contribution in [0.15, 0.2) is 4.42 Å². The molecule has 14 heavy (non-hydrogen) atoms. The minimum Gasteiger partial charge on any atom is -0.425 e. The molecule has 2 rings (SSSR count). The molecule has 1 aliphatic heterocycles. The summed E-state index contributed by atoms with van der Waals surface area (Å²) in [4.78, 5) is 6.80. The minimum atomic E-state index is 0.384. The van der Waals surface area contributed by atoms with Crippen molar-refractivity contribution in [1.82, 2.24) is 4.98 Å². The van der Waals surface area contributed by atoms with Crippen molar-refractivity contribution >= 4 is 5.88 Å². The van der Waals surface area contributed by atoms with Gasteiger partial charge in [0.15, 0.2) is 5.89 Å². The first-order chi connectivity index (χ1) is 6.59. The van der Waals surface area contributed by atoms with Crippen molar-refractivity contribution in [2.45, 2.75) is 46.1 Å². The predicted octanol–water partition coefficient (Wildman–Crippen LogP) is 2.57. The van der Waals surface area contributed by atoms with Crippen LogP contribution >= 0.6 is 0 Å². The first-order valence-corrected chi connectivity index (χ1v) is 5.36. The molecule has 3 nitrogen and oxygen atoms in total. The average Bonchev–Trinajstić information content (AvgIpc) is 2.58. The van der Waals surface area contributed by atoms with Crippen LogP contribution in [-0.4, -0.2) is 17.6 Å². The molecule has 78 valence electrons. The van der Waals surface area contributed by atoms with Gasteiger partial charge in [0, 0.05) is 24.9 Å². The number of hydrogen-bond acceptors (Lipinski definition) is 3. The van der Waals surface area contributed by atoms with Gasteiger partial charge in [-0.1, -0.05) is 13.8 Å². The quantitative estimate of drug-likeness (QED) is 0.724. The Morgan fingerprint density at radius 3 is 2.57 bits per heavy atom. The van der Waals surface area contributed by atoms with Crippen molar-refractivity contribution in [3.8, 4) is 0 Å². The van der Waals surface area contributed by atoms with Crippen LogP contribution in [0.2, 0.25) is 0 Å². The first kappa shape index (κ1) is 9.56. The van der Waals surface area contributed by atoms with E-state index in [4.69, 9.17) is 4.42 Å². The van der Waals surface area contributed by atoms with Gasteiger partial charge < -0.3 is 9.32 Å². The van der Waals surface area contributed by atoms with Gasteiger partial charge in [0.05, 0.1) is 0 Å². The average molecular weight is 194 g/mol. The summed E-state index contributed by atoms with van der Waals surface area (Å²) in [5, 5.41) is 0. The molecule has 0 saturated carbocycles. The molecular weight excluding hydrogens is 176 g/mol. The normalized spacial score (nSPS) is 15.7. The predicted molar refractivity (Wildman–Crippen MR) is 56.8 cm³/mol. The van der Waals surface area contributed by atoms with E-state index >= 15 is 0 Å². The minimum absolute atomic E-state index is 0.384. The fraction of sp³-hybridized carbons (Fsp3) is 0.727. The van der Waals surface area contributed by atoms with Crippen molar-refractivity contribution in [1.29, 1.82) is 0 Å². The van der Waals surface area contributed by atoms with E-state index in [1.165, 1.54) is 0 Å². The van der Waals surface area contributed by atoms with E-state index in [9.17, 15) is 0 Å². The smallest absolute Gasteiger partial charge is 0.219 e. The van der Waals surface area contributed by atoms with Gasteiger partial charge in [-0.25, -0.2) is 4.98 Å². The molecular formula is C11H18N2O. The third-order valence-electron chi connectivity index (χ3n) is 2.66. The Bertz CT molecular complexity index is 328. The highest BCUT2D eigenvalue weighted by atomic mass is 16.4. The maximum atomic E-state index is 5.78. The molecule has 1 aromatic heterocycles. The van der Waals surface area contributed by atoms with Gasteiger partial charge in [-0.2, -0.15) is 0 Å². The monoisotopic (exact) mass is 194 g/mol. The van der Waals surface area contributed by atoms with Crippen molar-refractivity contribution in [3.05, 3.63) is 11.6 Å². The van der Waals surface area contributed by atoms with Gasteiger partial charge in [0.1, 0.15) is 5.69 Å². The lowest BCUT2D eigenvalue weighted by Gasteiger charge is -2.20. The molecule has 0 unspecified atom stereocenters. The Balaban J connectivity index is 2.30. The summed E-state index contributed by atoms with van der Waals surface area (Å²) in [6.07, 6.45) is 1.03. The Morgan fingerprint density at radius 2 is 2.00 bits per heavy atom. The second kappa shape index (κ2) is 3.30. The molecule has 2 heterocycles. The number of rotatable bonds is 2. The van der Waals surface area contributed by atoms with Crippen molar-refractivity contribution in [2.75, 3.05) is 11.4 Å². The van der Waals surface area contributed by atoms with E-state index in [1.54, 1.807) is 0 Å². The third kappa shape index (κ3) is 1.41. The molecule has 0 aliphatic carbocycles. The van der Waals surface area contributed by atoms with Gasteiger partial charge in [-0.3, -0.25) is 0 Å². The summed E-state index contributed by atoms with van der Waals surface area (Å²) < 4.78 is 5.78. The van der Waals surface area contributed by atoms with Crippen LogP contribution in [0, 0.1) is 0 Å². The number of fused-ring (bicyclic) bond motifs is 1. The van der Waals surface area contributed by atoms with E-state index in [-0.39, 0.29) is 0 Å². The summed E-state index contributed by atoms with van der Waals surface area (Å²) in [6.45, 7) is 9.65. The zero-order valence-electron chi connectivity index (χ0n) is 9.37. The van der Waals surface area contributed by atoms with Crippen LogP contribution in [0.25, 0.3) is 0 Å². The lowest BCUT2D eigenvalue weighted by molar-refractivity contribution is 0.458. The summed E-state index contributed by atoms with van der Waals surface area (Å²) >= 11 is 0. The Morgan fingerprint density at radius 1 is 1.29 bits per heavy atom. The summed E-state index contributed by atoms with van der Waals surface area (Å²) in [6, 6.07) is 0.504. The van der Waals surface area contributed by atoms with Gasteiger partial charge in [-0.05, 0) is 13.8 Å². The highest BCUT2D eigenvalue weighted by Gasteiger charge is 2.28. The lowest BCUT2D eigenvalue weighted by Crippen LogP contribution is -2.28. The second-order valence-electron chi connectivity index (χ2n) is 4.50. The lowest BCUT2D eigenvalue weighted by atomic mass is 10.2. The van der Waals surface area contributed by atoms with Crippen LogP contribution in [0.5, 0.6) is 0 Å². The van der Waals surface area contributed by atoms with Crippen LogP contribution in [0.3, 0.4) is 0 Å². The molecule has 0 fully saturated rings. The first-order valence-electron chi connectivity index (χ1n) is 5.36. The van der Waals surface area contributed by atoms with Crippen LogP contribution in [0.1, 0.15) is 45.2 Å². The van der Waals surface area contributed by atoms with E-state index in [2.05, 4.69) is 37.6 Å². The number of oxazole rings is 1. The van der Waals surface area contributed by atoms with Gasteiger partial charge in [-0.15, -0.1) is 0 Å². The number of anilines is 1. The Kier molecular flexibility index (Phi) is 2.25. The summed E-state index contributed by atoms with van der Waals surface area (Å²) in [5.41, 5.74) is 1.14. The van der Waals surface area contributed by atoms with E-state index in [0.29, 0.717) is 12.0 Å². The Hall–Kier alpha value is -0.990. The highest BCUT2D eigenvalue weighted by molar-refractivity contribution is 5.47. The number of nitrogens with zero attached hydrogens (tertiary/aromatic N) is 2. The highest BCUT2D eigenvalue weighted by Crippen LogP contribution is 2.32. The maximum Gasteiger partial charge on any atom is 0.219 e. The van der Waals surface area contributed by atoms with Crippen molar-refractivity contribution < 1.29 is 4.42 Å². The largest absolute Gasteiger partial charge is 0.425 e. The van der Waals surface area contributed by atoms with Crippen LogP contribution in [0.4, 0.5) is 5.88 Å². The molecule has 1 aliphatic rings. The second-order valence-corrected chi connectivity index (χ2v) is 4.50. The zero-order chi connectivity index (χ0) is 10.3. The topological polar surface area (TPSA) is 29.3 Å². The van der Waals surface area contributed by atoms with E-state index < -0.39 is 0 Å². The molecule has 0 spiro atoms. The van der Waals surface area contributed by atoms with E-state index in [1.807, 2.05) is 0 Å². The summed E-state index contributed by atoms with van der Waals surface area (Å²) in [7, 11) is 0. The molecule has 3 heteroatoms. The van der Waals surface area contributed by atoms with Gasteiger partial charge in [0.25, 0.3) is 0 Å². The van der Waals surface area contributed by atoms with Crippen LogP contribution < -0.4 is 4.90 Å².